The van der Waals surface area contributed by atoms with Crippen molar-refractivity contribution in [3.8, 4) is 10.7 Å². The molecule has 0 saturated carbocycles. The fraction of sp³-hybridized carbons (Fsp3) is 0.150. The third kappa shape index (κ3) is 3.62. The van der Waals surface area contributed by atoms with Crippen LogP contribution in [0, 0.1) is 18.6 Å². The van der Waals surface area contributed by atoms with Crippen molar-refractivity contribution in [1.29, 1.82) is 0 Å². The molecular weight excluding hydrogens is 404 g/mol. The first kappa shape index (κ1) is 19.2. The first-order valence-electron chi connectivity index (χ1n) is 8.89. The lowest BCUT2D eigenvalue weighted by Crippen LogP contribution is -2.13. The summed E-state index contributed by atoms with van der Waals surface area (Å²) in [5.74, 6) is 0.451. The quantitative estimate of drug-likeness (QED) is 0.360. The van der Waals surface area contributed by atoms with Gasteiger partial charge in [0.15, 0.2) is 15.7 Å². The van der Waals surface area contributed by atoms with E-state index in [1.54, 1.807) is 12.1 Å². The van der Waals surface area contributed by atoms with E-state index in [0.717, 1.165) is 27.2 Å². The normalized spacial score (nSPS) is 11.0. The van der Waals surface area contributed by atoms with E-state index in [-0.39, 0.29) is 5.91 Å². The molecule has 0 bridgehead atoms. The van der Waals surface area contributed by atoms with Gasteiger partial charge in [-0.15, -0.1) is 6.58 Å². The van der Waals surface area contributed by atoms with Crippen LogP contribution in [0.2, 0.25) is 0 Å². The molecule has 4 rings (SSSR count). The number of H-pyrrole nitrogens is 1. The van der Waals surface area contributed by atoms with Crippen molar-refractivity contribution >= 4 is 45.5 Å². The second kappa shape index (κ2) is 7.69. The molecule has 146 valence electrons. The van der Waals surface area contributed by atoms with E-state index in [2.05, 4.69) is 32.1 Å². The summed E-state index contributed by atoms with van der Waals surface area (Å²) >= 11 is 6.64. The number of carbonyl (C=O) groups excluding carboxylic acids is 1. The Bertz CT molecular complexity index is 1300. The Morgan fingerprint density at radius 1 is 1.34 bits per heavy atom. The highest BCUT2D eigenvalue weighted by Gasteiger charge is 2.19. The molecule has 3 heterocycles. The van der Waals surface area contributed by atoms with Crippen molar-refractivity contribution < 1.29 is 4.79 Å². The van der Waals surface area contributed by atoms with Gasteiger partial charge < -0.3 is 0 Å². The molecule has 0 aliphatic rings. The van der Waals surface area contributed by atoms with E-state index in [0.29, 0.717) is 27.8 Å². The number of fused-ring (bicyclic) bond motifs is 1. The topological polar surface area (TPSA) is 88.5 Å². The zero-order chi connectivity index (χ0) is 20.5. The van der Waals surface area contributed by atoms with Crippen LogP contribution in [0.3, 0.4) is 0 Å². The van der Waals surface area contributed by atoms with Crippen molar-refractivity contribution in [2.45, 2.75) is 20.4 Å². The van der Waals surface area contributed by atoms with Crippen LogP contribution in [0.15, 0.2) is 43.0 Å². The summed E-state index contributed by atoms with van der Waals surface area (Å²) in [5.41, 5.74) is 2.90. The Morgan fingerprint density at radius 3 is 2.93 bits per heavy atom. The van der Waals surface area contributed by atoms with Crippen LogP contribution in [0.4, 0.5) is 5.13 Å². The monoisotopic (exact) mass is 422 g/mol. The van der Waals surface area contributed by atoms with Crippen molar-refractivity contribution in [2.75, 3.05) is 5.32 Å². The molecule has 0 saturated heterocycles. The molecule has 7 nitrogen and oxygen atoms in total. The molecule has 9 heteroatoms. The lowest BCUT2D eigenvalue weighted by atomic mass is 10.1. The van der Waals surface area contributed by atoms with Gasteiger partial charge in [0.05, 0.1) is 21.7 Å². The summed E-state index contributed by atoms with van der Waals surface area (Å²) < 4.78 is 2.35. The van der Waals surface area contributed by atoms with Crippen LogP contribution in [0.25, 0.3) is 21.6 Å². The third-order valence-corrected chi connectivity index (χ3v) is 5.76. The van der Waals surface area contributed by atoms with Gasteiger partial charge in [-0.3, -0.25) is 24.8 Å². The molecule has 0 aliphatic carbocycles. The summed E-state index contributed by atoms with van der Waals surface area (Å²) in [6, 6.07) is 9.37. The zero-order valence-corrected chi connectivity index (χ0v) is 17.5. The number of aryl methyl sites for hydroxylation is 2. The van der Waals surface area contributed by atoms with Crippen molar-refractivity contribution in [3.63, 3.8) is 0 Å². The van der Waals surface area contributed by atoms with E-state index >= 15 is 0 Å². The van der Waals surface area contributed by atoms with E-state index in [4.69, 9.17) is 12.2 Å². The van der Waals surface area contributed by atoms with Crippen molar-refractivity contribution in [3.05, 3.63) is 64.7 Å². The second-order valence-corrected chi connectivity index (χ2v) is 7.85. The highest BCUT2D eigenvalue weighted by Crippen LogP contribution is 2.32. The van der Waals surface area contributed by atoms with Gasteiger partial charge in [0.25, 0.3) is 5.91 Å². The standard InChI is InChI=1S/C20H18N6OS2/c1-4-9-26-17(24-25-20(26)28)16-12(3)22-19(29-16)23-18(27)14-10-11(2)21-15-8-6-5-7-13(14)15/h4-8,10H,1,9H2,2-3H3,(H,25,28)(H,22,23,27). The number of nitrogens with one attached hydrogen (secondary N) is 2. The second-order valence-electron chi connectivity index (χ2n) is 6.47. The molecule has 2 N–H and O–H groups in total. The number of allylic oxidation sites excluding steroid dienone is 1. The fourth-order valence-corrected chi connectivity index (χ4v) is 4.27. The molecule has 1 amide bonds. The van der Waals surface area contributed by atoms with Crippen LogP contribution in [-0.4, -0.2) is 30.6 Å². The number of pyridine rings is 1. The number of aromatic amines is 1. The fourth-order valence-electron chi connectivity index (χ4n) is 3.11. The molecule has 3 aromatic heterocycles. The SMILES string of the molecule is C=CCn1c(-c2sc(NC(=O)c3cc(C)nc4ccccc34)nc2C)n[nH]c1=S. The molecule has 1 aromatic carbocycles. The number of benzene rings is 1. The van der Waals surface area contributed by atoms with Crippen LogP contribution in [0.5, 0.6) is 0 Å². The number of aromatic nitrogens is 5. The number of thiazole rings is 1. The summed E-state index contributed by atoms with van der Waals surface area (Å²) in [7, 11) is 0. The Labute approximate surface area is 176 Å². The predicted octanol–water partition coefficient (Wildman–Crippen LogP) is 4.67. The van der Waals surface area contributed by atoms with Crippen LogP contribution < -0.4 is 5.32 Å². The number of anilines is 1. The summed E-state index contributed by atoms with van der Waals surface area (Å²) in [6.07, 6.45) is 1.75. The molecule has 29 heavy (non-hydrogen) atoms. The maximum Gasteiger partial charge on any atom is 0.258 e. The minimum atomic E-state index is -0.225. The lowest BCUT2D eigenvalue weighted by molar-refractivity contribution is 0.102. The van der Waals surface area contributed by atoms with Gasteiger partial charge in [-0.2, -0.15) is 5.10 Å². The first-order valence-corrected chi connectivity index (χ1v) is 10.1. The molecule has 4 aromatic rings. The maximum atomic E-state index is 13.0. The van der Waals surface area contributed by atoms with Gasteiger partial charge in [-0.05, 0) is 38.2 Å². The van der Waals surface area contributed by atoms with Crippen LogP contribution in [-0.2, 0) is 6.54 Å². The predicted molar refractivity (Wildman–Crippen MR) is 118 cm³/mol. The lowest BCUT2D eigenvalue weighted by Gasteiger charge is -2.07. The number of para-hydroxylation sites is 1. The highest BCUT2D eigenvalue weighted by atomic mass is 32.1. The van der Waals surface area contributed by atoms with E-state index < -0.39 is 0 Å². The Hall–Kier alpha value is -3.17. The largest absolute Gasteiger partial charge is 0.298 e. The number of nitrogens with zero attached hydrogens (tertiary/aromatic N) is 4. The average molecular weight is 423 g/mol. The van der Waals surface area contributed by atoms with Gasteiger partial charge in [0.2, 0.25) is 0 Å². The van der Waals surface area contributed by atoms with Crippen LogP contribution >= 0.6 is 23.6 Å². The third-order valence-electron chi connectivity index (χ3n) is 4.38. The van der Waals surface area contributed by atoms with Gasteiger partial charge >= 0.3 is 0 Å². The molecular formula is C20H18N6OS2. The Morgan fingerprint density at radius 2 is 2.14 bits per heavy atom. The van der Waals surface area contributed by atoms with Gasteiger partial charge in [-0.25, -0.2) is 4.98 Å². The number of carbonyl (C=O) groups is 1. The molecule has 0 fully saturated rings. The number of amides is 1. The Balaban J connectivity index is 1.69. The number of hydrogen-bond acceptors (Lipinski definition) is 6. The van der Waals surface area contributed by atoms with Crippen LogP contribution in [0.1, 0.15) is 21.7 Å². The van der Waals surface area contributed by atoms with Crippen molar-refractivity contribution in [2.24, 2.45) is 0 Å². The molecule has 0 atom stereocenters. The van der Waals surface area contributed by atoms with Crippen molar-refractivity contribution in [1.82, 2.24) is 24.7 Å². The minimum Gasteiger partial charge on any atom is -0.298 e. The van der Waals surface area contributed by atoms with E-state index in [1.807, 2.05) is 42.7 Å². The smallest absolute Gasteiger partial charge is 0.258 e. The van der Waals surface area contributed by atoms with Gasteiger partial charge in [0, 0.05) is 17.6 Å². The molecule has 0 unspecified atom stereocenters. The number of hydrogen-bond donors (Lipinski definition) is 2. The molecule has 0 radical (unpaired) electrons. The van der Waals surface area contributed by atoms with E-state index in [9.17, 15) is 4.79 Å². The zero-order valence-electron chi connectivity index (χ0n) is 15.9. The summed E-state index contributed by atoms with van der Waals surface area (Å²) in [4.78, 5) is 22.8. The maximum absolute atomic E-state index is 13.0. The van der Waals surface area contributed by atoms with E-state index in [1.165, 1.54) is 11.3 Å². The molecule has 0 spiro atoms. The summed E-state index contributed by atoms with van der Waals surface area (Å²) in [6.45, 7) is 8.05. The summed E-state index contributed by atoms with van der Waals surface area (Å²) in [5, 5.41) is 11.3. The highest BCUT2D eigenvalue weighted by molar-refractivity contribution is 7.71. The minimum absolute atomic E-state index is 0.225. The van der Waals surface area contributed by atoms with Gasteiger partial charge in [0.1, 0.15) is 0 Å². The van der Waals surface area contributed by atoms with Gasteiger partial charge in [-0.1, -0.05) is 35.6 Å². The molecule has 0 aliphatic heterocycles. The first-order chi connectivity index (χ1) is 14.0. The Kier molecular flexibility index (Phi) is 5.08. The number of rotatable bonds is 5. The average Bonchev–Trinajstić information content (AvgIpc) is 3.23.